The standard InChI is InChI=1S/C20H27FN6S/c1-6-23-20(28)26-24-14(3)19(25-22-5)18-11-13(2)27(15(18)4)12-16-7-9-17(21)10-8-16/h7-11,22H,6,12H2,1-5H3,(H2,23,26,28)/b24-14+,25-19-. The molecule has 2 aromatic rings. The van der Waals surface area contributed by atoms with Crippen LogP contribution in [-0.4, -0.2) is 34.7 Å². The summed E-state index contributed by atoms with van der Waals surface area (Å²) in [6, 6.07) is 8.64. The number of hydrazone groups is 2. The van der Waals surface area contributed by atoms with Crippen molar-refractivity contribution >= 4 is 28.8 Å². The Morgan fingerprint density at radius 2 is 1.86 bits per heavy atom. The fourth-order valence-corrected chi connectivity index (χ4v) is 3.08. The third-order valence-electron chi connectivity index (χ3n) is 4.31. The van der Waals surface area contributed by atoms with Crippen LogP contribution in [0.3, 0.4) is 0 Å². The summed E-state index contributed by atoms with van der Waals surface area (Å²) in [4.78, 5) is 0. The van der Waals surface area contributed by atoms with Crippen LogP contribution in [0.5, 0.6) is 0 Å². The molecule has 0 spiro atoms. The van der Waals surface area contributed by atoms with Crippen LogP contribution in [-0.2, 0) is 6.54 Å². The summed E-state index contributed by atoms with van der Waals surface area (Å²) in [5.41, 5.74) is 11.3. The van der Waals surface area contributed by atoms with Crippen molar-refractivity contribution in [3.63, 3.8) is 0 Å². The smallest absolute Gasteiger partial charge is 0.186 e. The summed E-state index contributed by atoms with van der Waals surface area (Å²) < 4.78 is 15.4. The van der Waals surface area contributed by atoms with E-state index in [9.17, 15) is 4.39 Å². The van der Waals surface area contributed by atoms with E-state index in [0.29, 0.717) is 17.4 Å². The van der Waals surface area contributed by atoms with Crippen LogP contribution < -0.4 is 16.2 Å². The lowest BCUT2D eigenvalue weighted by atomic mass is 10.1. The highest BCUT2D eigenvalue weighted by Crippen LogP contribution is 2.19. The largest absolute Gasteiger partial charge is 0.362 e. The van der Waals surface area contributed by atoms with Gasteiger partial charge in [0.15, 0.2) is 5.11 Å². The number of rotatable bonds is 7. The van der Waals surface area contributed by atoms with Crippen LogP contribution in [0.2, 0.25) is 0 Å². The maximum absolute atomic E-state index is 13.2. The van der Waals surface area contributed by atoms with Gasteiger partial charge in [0.1, 0.15) is 11.5 Å². The van der Waals surface area contributed by atoms with Crippen molar-refractivity contribution in [1.82, 2.24) is 20.7 Å². The summed E-state index contributed by atoms with van der Waals surface area (Å²) in [5, 5.41) is 12.2. The van der Waals surface area contributed by atoms with Crippen molar-refractivity contribution in [2.45, 2.75) is 34.2 Å². The number of benzene rings is 1. The van der Waals surface area contributed by atoms with Crippen LogP contribution in [0.1, 0.15) is 36.4 Å². The van der Waals surface area contributed by atoms with Crippen LogP contribution in [0.25, 0.3) is 0 Å². The quantitative estimate of drug-likeness (QED) is 0.378. The maximum Gasteiger partial charge on any atom is 0.186 e. The SMILES string of the molecule is CCNC(=S)N/N=C(C)/C(=N/NC)c1cc(C)n(Cc2ccc(F)cc2)c1C. The van der Waals surface area contributed by atoms with Gasteiger partial charge in [-0.25, -0.2) is 4.39 Å². The molecule has 0 aliphatic rings. The molecule has 6 nitrogen and oxygen atoms in total. The van der Waals surface area contributed by atoms with Crippen molar-refractivity contribution in [2.24, 2.45) is 10.2 Å². The molecule has 0 bridgehead atoms. The predicted octanol–water partition coefficient (Wildman–Crippen LogP) is 3.08. The number of hydrogen-bond acceptors (Lipinski definition) is 4. The molecule has 150 valence electrons. The third-order valence-corrected chi connectivity index (χ3v) is 4.55. The van der Waals surface area contributed by atoms with Crippen LogP contribution >= 0.6 is 12.2 Å². The fraction of sp³-hybridized carbons (Fsp3) is 0.350. The van der Waals surface area contributed by atoms with Crippen molar-refractivity contribution < 1.29 is 4.39 Å². The number of nitrogens with one attached hydrogen (secondary N) is 3. The van der Waals surface area contributed by atoms with E-state index in [2.05, 4.69) is 37.0 Å². The first-order valence-electron chi connectivity index (χ1n) is 9.11. The van der Waals surface area contributed by atoms with E-state index in [1.165, 1.54) is 12.1 Å². The van der Waals surface area contributed by atoms with E-state index in [1.54, 1.807) is 19.2 Å². The zero-order valence-electron chi connectivity index (χ0n) is 16.9. The van der Waals surface area contributed by atoms with E-state index in [-0.39, 0.29) is 5.82 Å². The number of halogens is 1. The van der Waals surface area contributed by atoms with E-state index in [4.69, 9.17) is 12.2 Å². The zero-order valence-corrected chi connectivity index (χ0v) is 17.7. The van der Waals surface area contributed by atoms with Crippen molar-refractivity contribution in [1.29, 1.82) is 0 Å². The second-order valence-corrected chi connectivity index (χ2v) is 6.76. The van der Waals surface area contributed by atoms with Crippen LogP contribution in [0, 0.1) is 19.7 Å². The minimum Gasteiger partial charge on any atom is -0.362 e. The molecule has 3 N–H and O–H groups in total. The second-order valence-electron chi connectivity index (χ2n) is 6.35. The molecule has 0 aliphatic heterocycles. The van der Waals surface area contributed by atoms with Gasteiger partial charge in [-0.2, -0.15) is 10.2 Å². The van der Waals surface area contributed by atoms with Gasteiger partial charge in [0.2, 0.25) is 0 Å². The lowest BCUT2D eigenvalue weighted by molar-refractivity contribution is 0.626. The number of thiocarbonyl (C=S) groups is 1. The highest BCUT2D eigenvalue weighted by Gasteiger charge is 2.17. The third kappa shape index (κ3) is 5.39. The van der Waals surface area contributed by atoms with Gasteiger partial charge in [-0.1, -0.05) is 12.1 Å². The molecule has 0 saturated carbocycles. The molecule has 1 heterocycles. The Kier molecular flexibility index (Phi) is 7.69. The first-order valence-corrected chi connectivity index (χ1v) is 9.52. The van der Waals surface area contributed by atoms with Gasteiger partial charge >= 0.3 is 0 Å². The Bertz CT molecular complexity index is 883. The minimum absolute atomic E-state index is 0.233. The van der Waals surface area contributed by atoms with Gasteiger partial charge in [-0.3, -0.25) is 5.43 Å². The van der Waals surface area contributed by atoms with Gasteiger partial charge in [0.25, 0.3) is 0 Å². The van der Waals surface area contributed by atoms with E-state index in [0.717, 1.165) is 34.8 Å². The molecule has 28 heavy (non-hydrogen) atoms. The molecule has 0 radical (unpaired) electrons. The first-order chi connectivity index (χ1) is 13.4. The molecule has 0 fully saturated rings. The fourth-order valence-electron chi connectivity index (χ4n) is 2.89. The topological polar surface area (TPSA) is 65.7 Å². The molecule has 2 rings (SSSR count). The van der Waals surface area contributed by atoms with Gasteiger partial charge < -0.3 is 15.3 Å². The zero-order chi connectivity index (χ0) is 20.7. The van der Waals surface area contributed by atoms with Gasteiger partial charge in [0.05, 0.1) is 5.71 Å². The predicted molar refractivity (Wildman–Crippen MR) is 118 cm³/mol. The number of hydrogen-bond donors (Lipinski definition) is 3. The Morgan fingerprint density at radius 3 is 2.46 bits per heavy atom. The number of aromatic nitrogens is 1. The lowest BCUT2D eigenvalue weighted by Crippen LogP contribution is -2.33. The minimum atomic E-state index is -0.233. The van der Waals surface area contributed by atoms with Gasteiger partial charge in [0, 0.05) is 37.1 Å². The normalized spacial score (nSPS) is 12.1. The van der Waals surface area contributed by atoms with Crippen molar-refractivity contribution in [3.05, 3.63) is 58.7 Å². The molecule has 8 heteroatoms. The highest BCUT2D eigenvalue weighted by atomic mass is 32.1. The highest BCUT2D eigenvalue weighted by molar-refractivity contribution is 7.80. The molecule has 0 saturated heterocycles. The van der Waals surface area contributed by atoms with Crippen LogP contribution in [0.4, 0.5) is 4.39 Å². The summed E-state index contributed by atoms with van der Waals surface area (Å²) in [7, 11) is 1.75. The summed E-state index contributed by atoms with van der Waals surface area (Å²) in [5.74, 6) is -0.233. The molecule has 0 aliphatic carbocycles. The average Bonchev–Trinajstić information content (AvgIpc) is 2.94. The average molecular weight is 403 g/mol. The molecular weight excluding hydrogens is 375 g/mol. The molecule has 1 aromatic heterocycles. The van der Waals surface area contributed by atoms with Gasteiger partial charge in [-0.15, -0.1) is 0 Å². The number of aryl methyl sites for hydroxylation is 1. The summed E-state index contributed by atoms with van der Waals surface area (Å²) in [6.07, 6.45) is 0. The Hall–Kier alpha value is -2.74. The lowest BCUT2D eigenvalue weighted by Gasteiger charge is -2.11. The first kappa shape index (κ1) is 21.6. The second kappa shape index (κ2) is 9.98. The molecule has 0 amide bonds. The Morgan fingerprint density at radius 1 is 1.18 bits per heavy atom. The van der Waals surface area contributed by atoms with Crippen molar-refractivity contribution in [2.75, 3.05) is 13.6 Å². The van der Waals surface area contributed by atoms with Crippen molar-refractivity contribution in [3.8, 4) is 0 Å². The summed E-state index contributed by atoms with van der Waals surface area (Å²) in [6.45, 7) is 9.31. The summed E-state index contributed by atoms with van der Waals surface area (Å²) >= 11 is 5.16. The Labute approximate surface area is 170 Å². The number of nitrogens with zero attached hydrogens (tertiary/aromatic N) is 3. The van der Waals surface area contributed by atoms with E-state index >= 15 is 0 Å². The van der Waals surface area contributed by atoms with E-state index in [1.807, 2.05) is 27.7 Å². The molecule has 0 unspecified atom stereocenters. The van der Waals surface area contributed by atoms with Gasteiger partial charge in [-0.05, 0) is 63.7 Å². The molecule has 0 atom stereocenters. The maximum atomic E-state index is 13.2. The van der Waals surface area contributed by atoms with Crippen LogP contribution in [0.15, 0.2) is 40.5 Å². The molecule has 1 aromatic carbocycles. The molecular formula is C20H27FN6S. The monoisotopic (exact) mass is 402 g/mol. The van der Waals surface area contributed by atoms with E-state index < -0.39 is 0 Å². The Balaban J connectivity index is 2.33.